The van der Waals surface area contributed by atoms with Crippen molar-refractivity contribution in [3.8, 4) is 34.3 Å². The summed E-state index contributed by atoms with van der Waals surface area (Å²) in [5.74, 6) is 5.88. The van der Waals surface area contributed by atoms with Crippen molar-refractivity contribution in [2.75, 3.05) is 52.9 Å². The normalized spacial score (nSPS) is 14.6. The first-order valence-corrected chi connectivity index (χ1v) is 40.7. The molecule has 0 spiro atoms. The van der Waals surface area contributed by atoms with E-state index in [2.05, 4.69) is 141 Å². The van der Waals surface area contributed by atoms with Gasteiger partial charge >= 0.3 is 0 Å². The van der Waals surface area contributed by atoms with Crippen molar-refractivity contribution >= 4 is 108 Å². The smallest absolute Gasteiger partial charge is 0.253 e. The fraction of sp³-hybridized carbons (Fsp3) is 0.200. The second-order valence-electron chi connectivity index (χ2n) is 30.3. The maximum Gasteiger partial charge on any atom is 0.253 e. The summed E-state index contributed by atoms with van der Waals surface area (Å²) in [5, 5.41) is 15.4. The highest BCUT2D eigenvalue weighted by Crippen LogP contribution is 2.36. The van der Waals surface area contributed by atoms with Crippen LogP contribution in [0.4, 0.5) is 0 Å². The van der Waals surface area contributed by atoms with Crippen LogP contribution in [-0.2, 0) is 52.4 Å². The summed E-state index contributed by atoms with van der Waals surface area (Å²) in [6, 6.07) is 79.3. The standard InChI is InChI=1S/C24H19N3O.C20H14ClN3O2.C19H20N4O.C17H15N3O.C15H18N4O/c28-24-19-12-7-13-21-23(19)27(15-14-25-24)22(26-21)16-20(17-8-3-1-4-9-17)18-10-5-2-6-11-18;21-13-4-1-3-12(11-13)16-7-8-17(26-16)19-23-15-6-2-5-14-18(15)24(19)10-9-22-20(14)25;1-22(12-14-6-3-2-4-7-14)13-17-21-16-9-5-8-15-18(16)23(17)11-10-20-19(15)24;1-11-4-2-5-12(10-11)16-19-14-7-3-6-13-15(14)20(16)9-8-18-17(13)21;20-15-11-4-3-5-12-14(11)19(9-6-16-15)13(17-12)10-18-7-1-2-8-18/h1-13,16H,14-15H2,(H,25,28);1-8,11H,9-10H2,(H,22,25);2-9H,10-13H2,1H3,(H,20,24);2-7,10H,8-9H2,1H3,(H,18,21);3-5H,1-2,6-10H2,(H,16,20). The number of hydrogen-bond acceptors (Lipinski definition) is 13. The second kappa shape index (κ2) is 33.8. The van der Waals surface area contributed by atoms with E-state index in [1.54, 1.807) is 0 Å². The van der Waals surface area contributed by atoms with Crippen LogP contribution in [0, 0.1) is 6.92 Å². The number of aryl methyl sites for hydroxylation is 1. The fourth-order valence-electron chi connectivity index (χ4n) is 16.8. The largest absolute Gasteiger partial charge is 0.453 e. The number of hydrogen-bond donors (Lipinski definition) is 5. The molecule has 6 aliphatic rings. The van der Waals surface area contributed by atoms with Gasteiger partial charge in [0.1, 0.15) is 29.1 Å². The molecule has 0 atom stereocenters. The van der Waals surface area contributed by atoms with Crippen molar-refractivity contribution in [2.24, 2.45) is 0 Å². The third kappa shape index (κ3) is 15.8. The number of nitrogens with zero attached hydrogens (tertiary/aromatic N) is 12. The molecule has 16 aromatic rings. The molecular formula is C95H86ClN17O6. The number of aromatic nitrogens is 10. The summed E-state index contributed by atoms with van der Waals surface area (Å²) in [6.07, 6.45) is 4.70. The monoisotopic (exact) mass is 1600 g/mol. The lowest BCUT2D eigenvalue weighted by Gasteiger charge is -2.17. The summed E-state index contributed by atoms with van der Waals surface area (Å²) in [7, 11) is 2.10. The zero-order chi connectivity index (χ0) is 81.0. The van der Waals surface area contributed by atoms with E-state index in [-0.39, 0.29) is 29.5 Å². The van der Waals surface area contributed by atoms with Crippen molar-refractivity contribution in [3.63, 3.8) is 0 Å². The third-order valence-electron chi connectivity index (χ3n) is 22.3. The van der Waals surface area contributed by atoms with Crippen LogP contribution in [0.25, 0.3) is 101 Å². The van der Waals surface area contributed by atoms with Gasteiger partial charge in [0.2, 0.25) is 0 Å². The minimum Gasteiger partial charge on any atom is -0.453 e. The molecule has 0 saturated carbocycles. The maximum absolute atomic E-state index is 12.4. The van der Waals surface area contributed by atoms with Gasteiger partial charge in [-0.3, -0.25) is 33.8 Å². The zero-order valence-corrected chi connectivity index (χ0v) is 66.6. The fourth-order valence-corrected chi connectivity index (χ4v) is 17.0. The Hall–Kier alpha value is -13.9. The van der Waals surface area contributed by atoms with E-state index >= 15 is 0 Å². The van der Waals surface area contributed by atoms with Crippen molar-refractivity contribution in [3.05, 3.63) is 315 Å². The van der Waals surface area contributed by atoms with Crippen molar-refractivity contribution < 1.29 is 28.4 Å². The molecule has 0 unspecified atom stereocenters. The number of para-hydroxylation sites is 5. The van der Waals surface area contributed by atoms with Crippen molar-refractivity contribution in [2.45, 2.75) is 72.1 Å². The van der Waals surface area contributed by atoms with E-state index in [0.29, 0.717) is 73.3 Å². The number of amides is 5. The summed E-state index contributed by atoms with van der Waals surface area (Å²) < 4.78 is 16.8. The summed E-state index contributed by atoms with van der Waals surface area (Å²) in [6.45, 7) is 13.6. The third-order valence-corrected chi connectivity index (χ3v) is 22.5. The zero-order valence-electron chi connectivity index (χ0n) is 65.9. The van der Waals surface area contributed by atoms with Gasteiger partial charge in [0.25, 0.3) is 29.5 Å². The molecule has 6 aliphatic heterocycles. The van der Waals surface area contributed by atoms with Gasteiger partial charge in [-0.1, -0.05) is 169 Å². The van der Waals surface area contributed by atoms with Crippen LogP contribution in [0.15, 0.2) is 247 Å². The van der Waals surface area contributed by atoms with Gasteiger partial charge in [-0.15, -0.1) is 0 Å². The lowest BCUT2D eigenvalue weighted by Crippen LogP contribution is -2.25. The van der Waals surface area contributed by atoms with E-state index in [4.69, 9.17) is 40.9 Å². The molecular weight excluding hydrogens is 1510 g/mol. The first-order chi connectivity index (χ1) is 58.3. The Bertz CT molecular complexity index is 6550. The Morgan fingerprint density at radius 3 is 1.33 bits per heavy atom. The molecule has 5 N–H and O–H groups in total. The Morgan fingerprint density at radius 1 is 0.395 bits per heavy atom. The average Bonchev–Trinajstić information content (AvgIpc) is 1.63. The highest BCUT2D eigenvalue weighted by atomic mass is 35.5. The molecule has 12 heterocycles. The molecule has 22 rings (SSSR count). The van der Waals surface area contributed by atoms with Gasteiger partial charge in [0, 0.05) is 88.1 Å². The second-order valence-corrected chi connectivity index (χ2v) is 30.7. The van der Waals surface area contributed by atoms with Crippen LogP contribution in [0.5, 0.6) is 0 Å². The van der Waals surface area contributed by atoms with E-state index in [9.17, 15) is 24.0 Å². The van der Waals surface area contributed by atoms with E-state index < -0.39 is 0 Å². The first-order valence-electron chi connectivity index (χ1n) is 40.4. The van der Waals surface area contributed by atoms with Gasteiger partial charge in [0.05, 0.1) is 96.1 Å². The Morgan fingerprint density at radius 2 is 0.807 bits per heavy atom. The number of carbonyl (C=O) groups is 5. The minimum atomic E-state index is -0.0696. The van der Waals surface area contributed by atoms with Gasteiger partial charge < -0.3 is 53.8 Å². The predicted molar refractivity (Wildman–Crippen MR) is 465 cm³/mol. The van der Waals surface area contributed by atoms with Crippen LogP contribution in [0.2, 0.25) is 5.02 Å². The van der Waals surface area contributed by atoms with Crippen LogP contribution in [0.3, 0.4) is 0 Å². The first kappa shape index (κ1) is 76.4. The Kier molecular flexibility index (Phi) is 21.7. The molecule has 119 heavy (non-hydrogen) atoms. The minimum absolute atomic E-state index is 0.0107. The van der Waals surface area contributed by atoms with Crippen LogP contribution >= 0.6 is 11.6 Å². The molecule has 0 radical (unpaired) electrons. The number of imidazole rings is 5. The molecule has 594 valence electrons. The van der Waals surface area contributed by atoms with Crippen molar-refractivity contribution in [1.29, 1.82) is 0 Å². The number of nitrogens with one attached hydrogen (secondary N) is 5. The van der Waals surface area contributed by atoms with Crippen LogP contribution in [-0.4, -0.2) is 140 Å². The van der Waals surface area contributed by atoms with Crippen molar-refractivity contribution in [1.82, 2.24) is 84.1 Å². The summed E-state index contributed by atoms with van der Waals surface area (Å²) in [4.78, 5) is 89.7. The molecule has 6 aromatic heterocycles. The molecule has 1 fully saturated rings. The number of halogens is 1. The molecule has 0 aliphatic carbocycles. The quantitative estimate of drug-likeness (QED) is 0.0764. The van der Waals surface area contributed by atoms with Gasteiger partial charge in [0.15, 0.2) is 11.6 Å². The molecule has 23 nitrogen and oxygen atoms in total. The number of rotatable bonds is 12. The SMILES string of the molecule is CN(Cc1ccccc1)Cc1nc2cccc3c2n1CCNC3=O.Cc1cccc(-c2nc3cccc4c3n2CCNC4=O)c1.O=C1NCCn2c(-c3ccc(-c4cccc(Cl)c4)o3)nc3cccc1c32.O=C1NCCn2c(C=C(c3ccccc3)c3ccccc3)nc3cccc1c32.O=C1NCCn2c(CN3CCCC3)nc3cccc1c32. The lowest BCUT2D eigenvalue weighted by atomic mass is 9.97. The molecule has 24 heteroatoms. The molecule has 5 amide bonds. The van der Waals surface area contributed by atoms with E-state index in [1.807, 2.05) is 180 Å². The lowest BCUT2D eigenvalue weighted by molar-refractivity contribution is 0.0948. The predicted octanol–water partition coefficient (Wildman–Crippen LogP) is 15.3. The average molecular weight is 1600 g/mol. The topological polar surface area (TPSA) is 254 Å². The van der Waals surface area contributed by atoms with E-state index in [1.165, 1.54) is 24.0 Å². The number of likely N-dealkylation sites (tertiary alicyclic amines) is 1. The van der Waals surface area contributed by atoms with E-state index in [0.717, 1.165) is 181 Å². The highest BCUT2D eigenvalue weighted by molar-refractivity contribution is 6.30. The molecule has 1 saturated heterocycles. The van der Waals surface area contributed by atoms with Crippen LogP contribution < -0.4 is 26.6 Å². The Balaban J connectivity index is 0.000000103. The number of benzene rings is 10. The molecule has 0 bridgehead atoms. The van der Waals surface area contributed by atoms with Gasteiger partial charge in [-0.05, 0) is 159 Å². The maximum atomic E-state index is 12.4. The summed E-state index contributed by atoms with van der Waals surface area (Å²) in [5.41, 5.74) is 20.3. The van der Waals surface area contributed by atoms with Gasteiger partial charge in [-0.25, -0.2) is 24.9 Å². The number of furan rings is 1. The summed E-state index contributed by atoms with van der Waals surface area (Å²) >= 11 is 6.08. The highest BCUT2D eigenvalue weighted by Gasteiger charge is 2.29. The van der Waals surface area contributed by atoms with Gasteiger partial charge in [-0.2, -0.15) is 0 Å². The number of carbonyl (C=O) groups excluding carboxylic acids is 5. The molecule has 10 aromatic carbocycles. The Labute approximate surface area is 691 Å². The van der Waals surface area contributed by atoms with Crippen LogP contribution in [0.1, 0.15) is 104 Å².